The fraction of sp³-hybridized carbons (Fsp3) is 0.167. The van der Waals surface area contributed by atoms with Crippen molar-refractivity contribution in [1.82, 2.24) is 4.98 Å². The quantitative estimate of drug-likeness (QED) is 0.815. The van der Waals surface area contributed by atoms with Crippen LogP contribution in [0.5, 0.6) is 0 Å². The largest absolute Gasteiger partial charge is 0.299 e. The molecule has 0 unspecified atom stereocenters. The molecular formula is C12H10FNOS. The van der Waals surface area contributed by atoms with E-state index in [9.17, 15) is 9.18 Å². The van der Waals surface area contributed by atoms with Crippen LogP contribution in [0.4, 0.5) is 4.39 Å². The van der Waals surface area contributed by atoms with Gasteiger partial charge in [-0.1, -0.05) is 12.1 Å². The maximum absolute atomic E-state index is 12.6. The lowest BCUT2D eigenvalue weighted by Gasteiger charge is -1.99. The maximum atomic E-state index is 12.6. The third-order valence-electron chi connectivity index (χ3n) is 2.15. The molecule has 4 heteroatoms. The van der Waals surface area contributed by atoms with Gasteiger partial charge in [0.05, 0.1) is 11.4 Å². The van der Waals surface area contributed by atoms with Crippen LogP contribution in [0.15, 0.2) is 35.8 Å². The molecule has 0 N–H and O–H groups in total. The first-order chi connectivity index (χ1) is 7.74. The van der Waals surface area contributed by atoms with Gasteiger partial charge in [0, 0.05) is 18.0 Å². The van der Waals surface area contributed by atoms with Crippen LogP contribution in [0.1, 0.15) is 10.6 Å². The summed E-state index contributed by atoms with van der Waals surface area (Å²) in [4.78, 5) is 15.7. The molecular weight excluding hydrogens is 225 g/mol. The first kappa shape index (κ1) is 11.0. The number of aromatic nitrogens is 1. The average Bonchev–Trinajstić information content (AvgIpc) is 2.74. The van der Waals surface area contributed by atoms with Crippen LogP contribution in [0.25, 0.3) is 0 Å². The van der Waals surface area contributed by atoms with E-state index in [1.807, 2.05) is 5.38 Å². The molecule has 0 saturated heterocycles. The van der Waals surface area contributed by atoms with Gasteiger partial charge in [-0.2, -0.15) is 0 Å². The van der Waals surface area contributed by atoms with Gasteiger partial charge in [0.1, 0.15) is 11.6 Å². The lowest BCUT2D eigenvalue weighted by Crippen LogP contribution is -2.06. The lowest BCUT2D eigenvalue weighted by molar-refractivity contribution is -0.117. The number of ketones is 1. The summed E-state index contributed by atoms with van der Waals surface area (Å²) < 4.78 is 12.6. The van der Waals surface area contributed by atoms with Crippen molar-refractivity contribution in [3.63, 3.8) is 0 Å². The fourth-order valence-corrected chi connectivity index (χ4v) is 2.05. The molecule has 1 heterocycles. The molecule has 1 aromatic carbocycles. The summed E-state index contributed by atoms with van der Waals surface area (Å²) in [5, 5.41) is 2.67. The second-order valence-corrected chi connectivity index (χ2v) is 4.42. The molecule has 0 amide bonds. The van der Waals surface area contributed by atoms with Gasteiger partial charge in [-0.25, -0.2) is 9.37 Å². The number of carbonyl (C=O) groups is 1. The summed E-state index contributed by atoms with van der Waals surface area (Å²) in [7, 11) is 0. The minimum atomic E-state index is -0.281. The molecule has 0 aliphatic heterocycles. The van der Waals surface area contributed by atoms with Crippen molar-refractivity contribution in [3.8, 4) is 0 Å². The van der Waals surface area contributed by atoms with Crippen LogP contribution in [0, 0.1) is 5.82 Å². The van der Waals surface area contributed by atoms with Gasteiger partial charge in [-0.05, 0) is 17.7 Å². The van der Waals surface area contributed by atoms with E-state index < -0.39 is 0 Å². The number of halogens is 1. The van der Waals surface area contributed by atoms with E-state index in [1.165, 1.54) is 23.5 Å². The van der Waals surface area contributed by atoms with Crippen molar-refractivity contribution in [3.05, 3.63) is 52.2 Å². The Morgan fingerprint density at radius 3 is 2.62 bits per heavy atom. The number of carbonyl (C=O) groups excluding carboxylic acids is 1. The Balaban J connectivity index is 1.95. The van der Waals surface area contributed by atoms with Crippen LogP contribution >= 0.6 is 11.3 Å². The molecule has 0 spiro atoms. The topological polar surface area (TPSA) is 30.0 Å². The Kier molecular flexibility index (Phi) is 3.41. The summed E-state index contributed by atoms with van der Waals surface area (Å²) in [5.74, 6) is -0.183. The van der Waals surface area contributed by atoms with Gasteiger partial charge in [0.15, 0.2) is 0 Å². The van der Waals surface area contributed by atoms with E-state index in [1.54, 1.807) is 18.3 Å². The molecule has 2 rings (SSSR count). The summed E-state index contributed by atoms with van der Waals surface area (Å²) in [6.07, 6.45) is 2.38. The zero-order chi connectivity index (χ0) is 11.4. The minimum absolute atomic E-state index is 0.0987. The van der Waals surface area contributed by atoms with Gasteiger partial charge < -0.3 is 0 Å². The highest BCUT2D eigenvalue weighted by atomic mass is 32.1. The Morgan fingerprint density at radius 1 is 1.25 bits per heavy atom. The molecule has 0 aliphatic rings. The van der Waals surface area contributed by atoms with E-state index in [2.05, 4.69) is 4.98 Å². The molecule has 0 saturated carbocycles. The van der Waals surface area contributed by atoms with Gasteiger partial charge in [-0.3, -0.25) is 4.79 Å². The van der Waals surface area contributed by atoms with Crippen LogP contribution in [0.2, 0.25) is 0 Å². The first-order valence-corrected chi connectivity index (χ1v) is 5.76. The van der Waals surface area contributed by atoms with Crippen LogP contribution in [-0.4, -0.2) is 10.8 Å². The number of benzene rings is 1. The summed E-state index contributed by atoms with van der Waals surface area (Å²) in [6.45, 7) is 0. The van der Waals surface area contributed by atoms with Crippen molar-refractivity contribution in [1.29, 1.82) is 0 Å². The van der Waals surface area contributed by atoms with E-state index in [-0.39, 0.29) is 11.6 Å². The van der Waals surface area contributed by atoms with Crippen LogP contribution in [0.3, 0.4) is 0 Å². The first-order valence-electron chi connectivity index (χ1n) is 4.88. The third kappa shape index (κ3) is 2.97. The van der Waals surface area contributed by atoms with E-state index >= 15 is 0 Å². The third-order valence-corrected chi connectivity index (χ3v) is 2.93. The predicted octanol–water partition coefficient (Wildman–Crippen LogP) is 2.64. The lowest BCUT2D eigenvalue weighted by atomic mass is 10.1. The maximum Gasteiger partial charge on any atom is 0.144 e. The van der Waals surface area contributed by atoms with Crippen molar-refractivity contribution in [2.24, 2.45) is 0 Å². The Hall–Kier alpha value is -1.55. The zero-order valence-corrected chi connectivity index (χ0v) is 9.34. The van der Waals surface area contributed by atoms with Crippen molar-refractivity contribution in [2.45, 2.75) is 12.8 Å². The highest BCUT2D eigenvalue weighted by Gasteiger charge is 2.06. The number of thiazole rings is 1. The molecule has 82 valence electrons. The van der Waals surface area contributed by atoms with Gasteiger partial charge in [-0.15, -0.1) is 11.3 Å². The van der Waals surface area contributed by atoms with Crippen LogP contribution in [-0.2, 0) is 17.6 Å². The number of nitrogens with zero attached hydrogens (tertiary/aromatic N) is 1. The highest BCUT2D eigenvalue weighted by molar-refractivity contribution is 7.09. The molecule has 0 atom stereocenters. The number of hydrogen-bond acceptors (Lipinski definition) is 3. The fourth-order valence-electron chi connectivity index (χ4n) is 1.40. The number of hydrogen-bond donors (Lipinski definition) is 0. The normalized spacial score (nSPS) is 10.3. The summed E-state index contributed by atoms with van der Waals surface area (Å²) >= 11 is 1.47. The van der Waals surface area contributed by atoms with Crippen molar-refractivity contribution < 1.29 is 9.18 Å². The van der Waals surface area contributed by atoms with Crippen molar-refractivity contribution >= 4 is 17.1 Å². The Bertz CT molecular complexity index is 464. The van der Waals surface area contributed by atoms with Crippen LogP contribution < -0.4 is 0 Å². The molecule has 0 radical (unpaired) electrons. The molecule has 1 aromatic heterocycles. The van der Waals surface area contributed by atoms with Gasteiger partial charge in [0.25, 0.3) is 0 Å². The van der Waals surface area contributed by atoms with E-state index in [4.69, 9.17) is 0 Å². The monoisotopic (exact) mass is 235 g/mol. The number of Topliss-reactive ketones (excluding diaryl/α,β-unsaturated/α-hetero) is 1. The molecule has 0 fully saturated rings. The van der Waals surface area contributed by atoms with E-state index in [0.29, 0.717) is 12.8 Å². The second-order valence-electron chi connectivity index (χ2n) is 3.44. The smallest absolute Gasteiger partial charge is 0.144 e. The molecule has 2 aromatic rings. The average molecular weight is 235 g/mol. The minimum Gasteiger partial charge on any atom is -0.299 e. The summed E-state index contributed by atoms with van der Waals surface area (Å²) in [6, 6.07) is 6.00. The number of rotatable bonds is 4. The summed E-state index contributed by atoms with van der Waals surface area (Å²) in [5.41, 5.74) is 0.836. The molecule has 2 nitrogen and oxygen atoms in total. The highest BCUT2D eigenvalue weighted by Crippen LogP contribution is 2.09. The Morgan fingerprint density at radius 2 is 2.00 bits per heavy atom. The zero-order valence-electron chi connectivity index (χ0n) is 8.52. The molecule has 0 aliphatic carbocycles. The van der Waals surface area contributed by atoms with E-state index in [0.717, 1.165) is 10.6 Å². The van der Waals surface area contributed by atoms with Gasteiger partial charge >= 0.3 is 0 Å². The molecule has 16 heavy (non-hydrogen) atoms. The van der Waals surface area contributed by atoms with Gasteiger partial charge in [0.2, 0.25) is 0 Å². The predicted molar refractivity (Wildman–Crippen MR) is 60.9 cm³/mol. The Labute approximate surface area is 96.8 Å². The SMILES string of the molecule is O=C(Cc1ccc(F)cc1)Cc1nccs1. The second kappa shape index (κ2) is 4.99. The standard InChI is InChI=1S/C12H10FNOS/c13-10-3-1-9(2-4-10)7-11(15)8-12-14-5-6-16-12/h1-6H,7-8H2. The van der Waals surface area contributed by atoms with Crippen molar-refractivity contribution in [2.75, 3.05) is 0 Å². The molecule has 0 bridgehead atoms.